The number of hydrogen-bond donors (Lipinski definition) is 1. The summed E-state index contributed by atoms with van der Waals surface area (Å²) in [6.45, 7) is 6.44. The Bertz CT molecular complexity index is 896. The molecule has 1 heterocycles. The van der Waals surface area contributed by atoms with Gasteiger partial charge in [-0.05, 0) is 68.6 Å². The van der Waals surface area contributed by atoms with E-state index in [1.807, 2.05) is 50.2 Å². The molecule has 5 nitrogen and oxygen atoms in total. The van der Waals surface area contributed by atoms with Crippen molar-refractivity contribution in [2.45, 2.75) is 26.7 Å². The normalized spacial score (nSPS) is 16.3. The summed E-state index contributed by atoms with van der Waals surface area (Å²) in [5, 5.41) is 15.1. The molecule has 1 aliphatic rings. The summed E-state index contributed by atoms with van der Waals surface area (Å²) in [6.07, 6.45) is 1.63. The quantitative estimate of drug-likeness (QED) is 0.315. The third-order valence-electron chi connectivity index (χ3n) is 5.40. The molecule has 0 spiro atoms. The summed E-state index contributed by atoms with van der Waals surface area (Å²) in [7, 11) is 0. The van der Waals surface area contributed by atoms with Gasteiger partial charge in [0, 0.05) is 34.3 Å². The number of carboxylic acids is 1. The number of aliphatic carboxylic acids is 1. The lowest BCUT2D eigenvalue weighted by atomic mass is 9.95. The molecule has 1 aliphatic heterocycles. The van der Waals surface area contributed by atoms with Gasteiger partial charge in [0.25, 0.3) is 0 Å². The van der Waals surface area contributed by atoms with Gasteiger partial charge in [-0.25, -0.2) is 0 Å². The largest absolute Gasteiger partial charge is 0.481 e. The van der Waals surface area contributed by atoms with Crippen molar-refractivity contribution in [3.05, 3.63) is 68.7 Å². The Labute approximate surface area is 199 Å². The zero-order chi connectivity index (χ0) is 21.7. The van der Waals surface area contributed by atoms with E-state index in [0.29, 0.717) is 29.7 Å². The molecule has 1 atom stereocenters. The Morgan fingerprint density at radius 1 is 1.13 bits per heavy atom. The summed E-state index contributed by atoms with van der Waals surface area (Å²) in [6, 6.07) is 11.4. The van der Waals surface area contributed by atoms with E-state index in [2.05, 4.69) is 10.1 Å². The monoisotopic (exact) mass is 484 g/mol. The molecule has 31 heavy (non-hydrogen) atoms. The number of rotatable bonds is 7. The first-order valence-electron chi connectivity index (χ1n) is 10.0. The SMILES string of the molecule is Cc1cc(Cl)ccc1C(=NOCCN1CCC[C@@H](C(=O)O)C1)c1ccc(Cl)cc1C.Cl. The number of aryl methyl sites for hydroxylation is 2. The van der Waals surface area contributed by atoms with Crippen molar-refractivity contribution in [3.8, 4) is 0 Å². The van der Waals surface area contributed by atoms with Crippen LogP contribution in [-0.2, 0) is 9.63 Å². The lowest BCUT2D eigenvalue weighted by molar-refractivity contribution is -0.143. The molecule has 0 bridgehead atoms. The number of nitrogens with zero attached hydrogens (tertiary/aromatic N) is 2. The molecule has 0 unspecified atom stereocenters. The van der Waals surface area contributed by atoms with E-state index in [1.54, 1.807) is 0 Å². The summed E-state index contributed by atoms with van der Waals surface area (Å²) < 4.78 is 0. The van der Waals surface area contributed by atoms with Crippen LogP contribution in [0.3, 0.4) is 0 Å². The minimum absolute atomic E-state index is 0. The van der Waals surface area contributed by atoms with Gasteiger partial charge in [-0.3, -0.25) is 9.69 Å². The van der Waals surface area contributed by atoms with Gasteiger partial charge in [-0.1, -0.05) is 40.5 Å². The lowest BCUT2D eigenvalue weighted by Gasteiger charge is -2.30. The number of carbonyl (C=O) groups is 1. The van der Waals surface area contributed by atoms with Gasteiger partial charge in [-0.2, -0.15) is 0 Å². The van der Waals surface area contributed by atoms with Gasteiger partial charge in [0.15, 0.2) is 0 Å². The van der Waals surface area contributed by atoms with Crippen molar-refractivity contribution in [1.29, 1.82) is 0 Å². The predicted molar refractivity (Wildman–Crippen MR) is 128 cm³/mol. The molecule has 0 radical (unpaired) electrons. The van der Waals surface area contributed by atoms with Gasteiger partial charge in [0.05, 0.1) is 5.92 Å². The molecule has 2 aromatic rings. The molecule has 0 aliphatic carbocycles. The number of halogens is 3. The molecule has 0 saturated carbocycles. The van der Waals surface area contributed by atoms with E-state index in [0.717, 1.165) is 47.4 Å². The molecule has 168 valence electrons. The smallest absolute Gasteiger partial charge is 0.307 e. The number of piperidine rings is 1. The molecule has 1 N–H and O–H groups in total. The van der Waals surface area contributed by atoms with E-state index in [-0.39, 0.29) is 18.3 Å². The summed E-state index contributed by atoms with van der Waals surface area (Å²) in [5.74, 6) is -1.02. The second kappa shape index (κ2) is 11.7. The summed E-state index contributed by atoms with van der Waals surface area (Å²) >= 11 is 12.3. The molecule has 1 saturated heterocycles. The second-order valence-electron chi connectivity index (χ2n) is 7.67. The number of benzene rings is 2. The van der Waals surface area contributed by atoms with Gasteiger partial charge in [-0.15, -0.1) is 12.4 Å². The maximum Gasteiger partial charge on any atom is 0.307 e. The Morgan fingerprint density at radius 2 is 1.71 bits per heavy atom. The molecule has 1 fully saturated rings. The second-order valence-corrected chi connectivity index (χ2v) is 8.54. The van der Waals surface area contributed by atoms with Crippen molar-refractivity contribution in [2.24, 2.45) is 11.1 Å². The highest BCUT2D eigenvalue weighted by molar-refractivity contribution is 6.31. The number of carboxylic acid groups (broad SMARTS) is 1. The highest BCUT2D eigenvalue weighted by atomic mass is 35.5. The maximum atomic E-state index is 11.2. The molecule has 0 aromatic heterocycles. The van der Waals surface area contributed by atoms with Crippen LogP contribution in [0.2, 0.25) is 10.0 Å². The first kappa shape index (κ1) is 25.5. The first-order chi connectivity index (χ1) is 14.3. The van der Waals surface area contributed by atoms with Crippen LogP contribution in [0.25, 0.3) is 0 Å². The van der Waals surface area contributed by atoms with Crippen LogP contribution in [0.5, 0.6) is 0 Å². The van der Waals surface area contributed by atoms with Crippen molar-refractivity contribution in [2.75, 3.05) is 26.2 Å². The van der Waals surface area contributed by atoms with Gasteiger partial charge < -0.3 is 9.94 Å². The molecular weight excluding hydrogens is 459 g/mol. The number of oxime groups is 1. The van der Waals surface area contributed by atoms with E-state index >= 15 is 0 Å². The standard InChI is InChI=1S/C23H26Cl2N2O3.ClH/c1-15-12-18(24)5-7-20(15)22(21-8-6-19(25)13-16(21)2)26-30-11-10-27-9-3-4-17(14-27)23(28)29;/h5-8,12-13,17H,3-4,9-11,14H2,1-2H3,(H,28,29);1H/t17-;/m1./s1. The highest BCUT2D eigenvalue weighted by Crippen LogP contribution is 2.23. The maximum absolute atomic E-state index is 11.2. The number of likely N-dealkylation sites (tertiary alicyclic amines) is 1. The fraction of sp³-hybridized carbons (Fsp3) is 0.391. The third kappa shape index (κ3) is 6.84. The minimum Gasteiger partial charge on any atom is -0.481 e. The average Bonchev–Trinajstić information content (AvgIpc) is 2.70. The van der Waals surface area contributed by atoms with Crippen LogP contribution in [-0.4, -0.2) is 47.9 Å². The van der Waals surface area contributed by atoms with Crippen LogP contribution in [0.1, 0.15) is 35.1 Å². The molecule has 3 rings (SSSR count). The number of hydrogen-bond acceptors (Lipinski definition) is 4. The summed E-state index contributed by atoms with van der Waals surface area (Å²) in [4.78, 5) is 19.1. The van der Waals surface area contributed by atoms with Gasteiger partial charge in [0.2, 0.25) is 0 Å². The third-order valence-corrected chi connectivity index (χ3v) is 5.87. The lowest BCUT2D eigenvalue weighted by Crippen LogP contribution is -2.40. The molecule has 2 aromatic carbocycles. The van der Waals surface area contributed by atoms with Crippen molar-refractivity contribution in [1.82, 2.24) is 4.90 Å². The van der Waals surface area contributed by atoms with Crippen LogP contribution < -0.4 is 0 Å². The van der Waals surface area contributed by atoms with Crippen molar-refractivity contribution < 1.29 is 14.7 Å². The van der Waals surface area contributed by atoms with Crippen LogP contribution >= 0.6 is 35.6 Å². The highest BCUT2D eigenvalue weighted by Gasteiger charge is 2.25. The Morgan fingerprint density at radius 3 is 2.23 bits per heavy atom. The van der Waals surface area contributed by atoms with Crippen molar-refractivity contribution >= 4 is 47.3 Å². The fourth-order valence-electron chi connectivity index (χ4n) is 3.77. The van der Waals surface area contributed by atoms with Crippen LogP contribution in [0, 0.1) is 19.8 Å². The molecule has 8 heteroatoms. The summed E-state index contributed by atoms with van der Waals surface area (Å²) in [5.41, 5.74) is 4.60. The van der Waals surface area contributed by atoms with Crippen LogP contribution in [0.4, 0.5) is 0 Å². The molecule has 0 amide bonds. The zero-order valence-electron chi connectivity index (χ0n) is 17.6. The van der Waals surface area contributed by atoms with Gasteiger partial charge >= 0.3 is 5.97 Å². The Kier molecular flexibility index (Phi) is 9.63. The first-order valence-corrected chi connectivity index (χ1v) is 10.8. The van der Waals surface area contributed by atoms with Gasteiger partial charge in [0.1, 0.15) is 12.3 Å². The van der Waals surface area contributed by atoms with E-state index in [1.165, 1.54) is 0 Å². The topological polar surface area (TPSA) is 62.1 Å². The minimum atomic E-state index is -0.725. The van der Waals surface area contributed by atoms with E-state index < -0.39 is 5.97 Å². The van der Waals surface area contributed by atoms with E-state index in [9.17, 15) is 9.90 Å². The van der Waals surface area contributed by atoms with Crippen molar-refractivity contribution in [3.63, 3.8) is 0 Å². The zero-order valence-corrected chi connectivity index (χ0v) is 19.9. The average molecular weight is 486 g/mol. The van der Waals surface area contributed by atoms with Crippen LogP contribution in [0.15, 0.2) is 41.6 Å². The molecular formula is C23H27Cl3N2O3. The van der Waals surface area contributed by atoms with E-state index in [4.69, 9.17) is 28.0 Å². The Balaban J connectivity index is 0.00000341. The fourth-order valence-corrected chi connectivity index (χ4v) is 4.22. The Hall–Kier alpha value is -1.79. The predicted octanol–water partition coefficient (Wildman–Crippen LogP) is 5.60.